The van der Waals surface area contributed by atoms with Crippen molar-refractivity contribution < 1.29 is 42.2 Å². The van der Waals surface area contributed by atoms with Crippen molar-refractivity contribution >= 4 is 44.6 Å². The van der Waals surface area contributed by atoms with Crippen molar-refractivity contribution in [1.82, 2.24) is 30.5 Å². The van der Waals surface area contributed by atoms with Crippen LogP contribution in [0.2, 0.25) is 0 Å². The molecule has 0 spiro atoms. The summed E-state index contributed by atoms with van der Waals surface area (Å²) in [6.07, 6.45) is 1.44. The molecule has 2 aromatic rings. The molecule has 0 radical (unpaired) electrons. The van der Waals surface area contributed by atoms with E-state index in [2.05, 4.69) is 27.4 Å². The first kappa shape index (κ1) is 36.1. The SMILES string of the molecule is C=C/C=C(/NC(=O)[C@@H]1C[C@@H](Oc2nnc(O)c3ccccc23)CN1C(=O)[C@@H](NC(=O)OC(C)(C)C)C(C)(C)C)C(=O)NS(=O)(=O)C1CC1. The van der Waals surface area contributed by atoms with Gasteiger partial charge in [0.25, 0.3) is 5.91 Å². The molecule has 0 bridgehead atoms. The number of nitrogens with zero attached hydrogens (tertiary/aromatic N) is 3. The fourth-order valence-corrected chi connectivity index (χ4v) is 6.37. The van der Waals surface area contributed by atoms with E-state index in [9.17, 15) is 32.7 Å². The van der Waals surface area contributed by atoms with Gasteiger partial charge in [-0.1, -0.05) is 45.6 Å². The first-order valence-electron chi connectivity index (χ1n) is 15.4. The number of hydrogen-bond donors (Lipinski definition) is 4. The molecule has 1 aromatic carbocycles. The molecule has 2 fully saturated rings. The quantitative estimate of drug-likeness (QED) is 0.211. The first-order chi connectivity index (χ1) is 22.3. The van der Waals surface area contributed by atoms with Gasteiger partial charge in [-0.15, -0.1) is 10.2 Å². The zero-order valence-corrected chi connectivity index (χ0v) is 28.6. The number of sulfonamides is 1. The molecule has 2 aliphatic rings. The molecular weight excluding hydrogens is 644 g/mol. The van der Waals surface area contributed by atoms with Crippen molar-refractivity contribution in [1.29, 1.82) is 0 Å². The monoisotopic (exact) mass is 686 g/mol. The number of benzene rings is 1. The summed E-state index contributed by atoms with van der Waals surface area (Å²) < 4.78 is 38.4. The number of alkyl carbamates (subject to hydrolysis) is 1. The number of rotatable bonds is 10. The van der Waals surface area contributed by atoms with Gasteiger partial charge in [-0.05, 0) is 57.2 Å². The molecule has 4 amide bonds. The third-order valence-electron chi connectivity index (χ3n) is 7.52. The minimum atomic E-state index is -3.94. The number of carbonyl (C=O) groups excluding carboxylic acids is 4. The molecule has 260 valence electrons. The number of aromatic hydroxyl groups is 1. The number of amides is 4. The third kappa shape index (κ3) is 8.79. The Morgan fingerprint density at radius 3 is 2.29 bits per heavy atom. The lowest BCUT2D eigenvalue weighted by Gasteiger charge is -2.35. The number of nitrogens with one attached hydrogen (secondary N) is 3. The van der Waals surface area contributed by atoms with Crippen LogP contribution in [-0.2, 0) is 29.1 Å². The van der Waals surface area contributed by atoms with Crippen LogP contribution in [0.1, 0.15) is 60.8 Å². The second-order valence-electron chi connectivity index (χ2n) is 13.8. The smallest absolute Gasteiger partial charge is 0.408 e. The molecule has 1 aliphatic heterocycles. The Bertz CT molecular complexity index is 1740. The average molecular weight is 687 g/mol. The van der Waals surface area contributed by atoms with E-state index in [-0.39, 0.29) is 24.7 Å². The number of carbonyl (C=O) groups is 4. The van der Waals surface area contributed by atoms with Gasteiger partial charge in [0.15, 0.2) is 0 Å². The summed E-state index contributed by atoms with van der Waals surface area (Å²) in [5, 5.41) is 23.1. The summed E-state index contributed by atoms with van der Waals surface area (Å²) in [4.78, 5) is 55.1. The summed E-state index contributed by atoms with van der Waals surface area (Å²) in [5.41, 5.74) is -2.09. The summed E-state index contributed by atoms with van der Waals surface area (Å²) in [7, 11) is -3.94. The van der Waals surface area contributed by atoms with Crippen LogP contribution in [0.25, 0.3) is 10.8 Å². The van der Waals surface area contributed by atoms with Gasteiger partial charge in [0.05, 0.1) is 22.6 Å². The third-order valence-corrected chi connectivity index (χ3v) is 9.34. The number of likely N-dealkylation sites (tertiary alicyclic amines) is 1. The van der Waals surface area contributed by atoms with Crippen LogP contribution in [0.4, 0.5) is 4.79 Å². The molecule has 1 saturated heterocycles. The Labute approximate surface area is 279 Å². The highest BCUT2D eigenvalue weighted by Crippen LogP contribution is 2.32. The molecule has 4 rings (SSSR count). The van der Waals surface area contributed by atoms with Crippen LogP contribution in [-0.4, -0.2) is 88.0 Å². The lowest BCUT2D eigenvalue weighted by atomic mass is 9.85. The van der Waals surface area contributed by atoms with E-state index < -0.39 is 74.0 Å². The fraction of sp³-hybridized carbons (Fsp3) is 0.500. The van der Waals surface area contributed by atoms with Gasteiger partial charge in [0.1, 0.15) is 29.5 Å². The maximum atomic E-state index is 14.2. The van der Waals surface area contributed by atoms with Crippen molar-refractivity contribution in [2.24, 2.45) is 5.41 Å². The number of aromatic nitrogens is 2. The van der Waals surface area contributed by atoms with Crippen LogP contribution < -0.4 is 20.1 Å². The second kappa shape index (κ2) is 13.8. The summed E-state index contributed by atoms with van der Waals surface area (Å²) in [6.45, 7) is 13.7. The highest BCUT2D eigenvalue weighted by molar-refractivity contribution is 7.91. The maximum absolute atomic E-state index is 14.2. The van der Waals surface area contributed by atoms with Gasteiger partial charge in [-0.3, -0.25) is 14.4 Å². The molecular formula is C32H42N6O9S. The first-order valence-corrected chi connectivity index (χ1v) is 17.0. The van der Waals surface area contributed by atoms with E-state index in [1.165, 1.54) is 11.0 Å². The van der Waals surface area contributed by atoms with Crippen molar-refractivity contribution in [3.05, 3.63) is 48.7 Å². The van der Waals surface area contributed by atoms with E-state index in [1.54, 1.807) is 65.8 Å². The zero-order valence-electron chi connectivity index (χ0n) is 27.8. The summed E-state index contributed by atoms with van der Waals surface area (Å²) in [5.74, 6) is -2.76. The number of fused-ring (bicyclic) bond motifs is 1. The molecule has 1 aromatic heterocycles. The summed E-state index contributed by atoms with van der Waals surface area (Å²) in [6, 6.07) is 4.31. The van der Waals surface area contributed by atoms with Crippen molar-refractivity contribution in [3.63, 3.8) is 0 Å². The van der Waals surface area contributed by atoms with Crippen LogP contribution in [0.15, 0.2) is 48.7 Å². The normalized spacial score (nSPS) is 19.3. The van der Waals surface area contributed by atoms with Gasteiger partial charge in [-0.25, -0.2) is 17.9 Å². The van der Waals surface area contributed by atoms with E-state index in [4.69, 9.17) is 9.47 Å². The second-order valence-corrected chi connectivity index (χ2v) is 15.7. The minimum Gasteiger partial charge on any atom is -0.492 e. The Morgan fingerprint density at radius 1 is 1.06 bits per heavy atom. The molecule has 16 heteroatoms. The number of ether oxygens (including phenoxy) is 2. The predicted molar refractivity (Wildman–Crippen MR) is 175 cm³/mol. The molecule has 2 heterocycles. The molecule has 4 N–H and O–H groups in total. The Hall–Kier alpha value is -4.73. The Morgan fingerprint density at radius 2 is 1.71 bits per heavy atom. The van der Waals surface area contributed by atoms with E-state index in [1.807, 2.05) is 4.72 Å². The topological polar surface area (TPSA) is 206 Å². The lowest BCUT2D eigenvalue weighted by Crippen LogP contribution is -2.58. The van der Waals surface area contributed by atoms with Crippen LogP contribution >= 0.6 is 0 Å². The van der Waals surface area contributed by atoms with E-state index in [0.29, 0.717) is 23.6 Å². The van der Waals surface area contributed by atoms with Crippen molar-refractivity contribution in [3.8, 4) is 11.8 Å². The lowest BCUT2D eigenvalue weighted by molar-refractivity contribution is -0.142. The number of allylic oxidation sites excluding steroid dienone is 2. The van der Waals surface area contributed by atoms with Gasteiger partial charge in [0.2, 0.25) is 33.6 Å². The zero-order chi connectivity index (χ0) is 35.6. The highest BCUT2D eigenvalue weighted by atomic mass is 32.2. The largest absolute Gasteiger partial charge is 0.492 e. The molecule has 1 aliphatic carbocycles. The molecule has 48 heavy (non-hydrogen) atoms. The fourth-order valence-electron chi connectivity index (χ4n) is 5.08. The predicted octanol–water partition coefficient (Wildman–Crippen LogP) is 2.42. The van der Waals surface area contributed by atoms with Gasteiger partial charge in [0, 0.05) is 6.42 Å². The summed E-state index contributed by atoms with van der Waals surface area (Å²) >= 11 is 0. The van der Waals surface area contributed by atoms with Gasteiger partial charge >= 0.3 is 6.09 Å². The van der Waals surface area contributed by atoms with Crippen LogP contribution in [0.3, 0.4) is 0 Å². The number of hydrogen-bond acceptors (Lipinski definition) is 11. The maximum Gasteiger partial charge on any atom is 0.408 e. The molecule has 15 nitrogen and oxygen atoms in total. The minimum absolute atomic E-state index is 0.0537. The van der Waals surface area contributed by atoms with Crippen LogP contribution in [0.5, 0.6) is 11.8 Å². The van der Waals surface area contributed by atoms with Gasteiger partial charge in [-0.2, -0.15) is 0 Å². The highest BCUT2D eigenvalue weighted by Gasteiger charge is 2.47. The standard InChI is InChI=1S/C32H42N6O9S/c1-8-11-22(26(40)37-48(44,45)19-14-15-19)33-27(41)23-16-18(46-28-21-13-10-9-12-20(21)25(39)35-36-28)17-38(23)29(42)24(31(2,3)4)34-30(43)47-32(5,6)7/h8-13,18-19,23-24H,1,14-17H2,2-7H3,(H,33,41)(H,34,43)(H,35,39)(H,37,40)/b22-11+/t18-,23+,24-/m1/s1. The molecule has 3 atom stereocenters. The van der Waals surface area contributed by atoms with E-state index >= 15 is 0 Å². The average Bonchev–Trinajstić information content (AvgIpc) is 3.76. The Balaban J connectivity index is 1.65. The molecule has 1 saturated carbocycles. The van der Waals surface area contributed by atoms with Crippen molar-refractivity contribution in [2.45, 2.75) is 89.8 Å². The molecule has 0 unspecified atom stereocenters. The van der Waals surface area contributed by atoms with Crippen molar-refractivity contribution in [2.75, 3.05) is 6.54 Å². The van der Waals surface area contributed by atoms with E-state index in [0.717, 1.165) is 6.08 Å². The van der Waals surface area contributed by atoms with Gasteiger partial charge < -0.3 is 30.1 Å². The van der Waals surface area contributed by atoms with Crippen LogP contribution in [0, 0.1) is 5.41 Å². The Kier molecular flexibility index (Phi) is 10.4.